The third-order valence-electron chi connectivity index (χ3n) is 5.67. The molecule has 0 bridgehead atoms. The van der Waals surface area contributed by atoms with Crippen LogP contribution in [0.4, 0.5) is 5.69 Å². The van der Waals surface area contributed by atoms with Crippen LogP contribution in [-0.4, -0.2) is 57.7 Å². The highest BCUT2D eigenvalue weighted by Crippen LogP contribution is 2.23. The molecule has 3 aromatic rings. The number of rotatable bonds is 4. The molecule has 30 heavy (non-hydrogen) atoms. The Morgan fingerprint density at radius 3 is 2.47 bits per heavy atom. The number of hydrogen-bond donors (Lipinski definition) is 1. The van der Waals surface area contributed by atoms with Crippen LogP contribution < -0.4 is 0 Å². The third-order valence-corrected chi connectivity index (χ3v) is 5.67. The van der Waals surface area contributed by atoms with Gasteiger partial charge in [-0.25, -0.2) is 0 Å². The van der Waals surface area contributed by atoms with Crippen LogP contribution >= 0.6 is 0 Å². The Balaban J connectivity index is 1.40. The summed E-state index contributed by atoms with van der Waals surface area (Å²) in [6.45, 7) is 3.29. The van der Waals surface area contributed by atoms with Gasteiger partial charge in [-0.2, -0.15) is 0 Å². The zero-order valence-electron chi connectivity index (χ0n) is 16.6. The Bertz CT molecular complexity index is 1130. The van der Waals surface area contributed by atoms with Crippen molar-refractivity contribution in [1.29, 1.82) is 0 Å². The first-order chi connectivity index (χ1) is 14.5. The van der Waals surface area contributed by atoms with Crippen molar-refractivity contribution in [3.8, 4) is 0 Å². The highest BCUT2D eigenvalue weighted by atomic mass is 16.6. The van der Waals surface area contributed by atoms with Crippen LogP contribution in [0.15, 0.2) is 48.7 Å². The summed E-state index contributed by atoms with van der Waals surface area (Å²) in [6, 6.07) is 12.4. The second kappa shape index (κ2) is 7.98. The summed E-state index contributed by atoms with van der Waals surface area (Å²) in [4.78, 5) is 42.9. The molecule has 1 aromatic heterocycles. The van der Waals surface area contributed by atoms with Crippen molar-refractivity contribution in [2.75, 3.05) is 26.2 Å². The fourth-order valence-corrected chi connectivity index (χ4v) is 3.93. The predicted molar refractivity (Wildman–Crippen MR) is 112 cm³/mol. The number of nitro groups is 1. The molecule has 1 saturated heterocycles. The van der Waals surface area contributed by atoms with Crippen molar-refractivity contribution < 1.29 is 14.5 Å². The van der Waals surface area contributed by atoms with Gasteiger partial charge in [0.15, 0.2) is 0 Å². The van der Waals surface area contributed by atoms with Crippen LogP contribution in [0, 0.1) is 17.0 Å². The third kappa shape index (κ3) is 3.63. The largest absolute Gasteiger partial charge is 0.361 e. The summed E-state index contributed by atoms with van der Waals surface area (Å²) < 4.78 is 0. The van der Waals surface area contributed by atoms with E-state index < -0.39 is 4.92 Å². The van der Waals surface area contributed by atoms with Crippen molar-refractivity contribution in [3.05, 3.63) is 75.5 Å². The van der Waals surface area contributed by atoms with Gasteiger partial charge in [-0.1, -0.05) is 24.3 Å². The zero-order valence-corrected chi connectivity index (χ0v) is 16.6. The van der Waals surface area contributed by atoms with E-state index in [-0.39, 0.29) is 17.5 Å². The standard InChI is InChI=1S/C22H22N4O4/c1-15-17(6-4-8-20(15)26(29)30)22(28)25-11-9-24(10-12-25)21(27)13-16-14-23-19-7-3-2-5-18(16)19/h2-8,14,23H,9-13H2,1H3. The molecule has 0 saturated carbocycles. The first-order valence-corrected chi connectivity index (χ1v) is 9.81. The number of benzene rings is 2. The lowest BCUT2D eigenvalue weighted by Gasteiger charge is -2.35. The van der Waals surface area contributed by atoms with Crippen LogP contribution in [0.3, 0.4) is 0 Å². The Hall–Kier alpha value is -3.68. The molecule has 8 heteroatoms. The molecule has 8 nitrogen and oxygen atoms in total. The topological polar surface area (TPSA) is 99.6 Å². The van der Waals surface area contributed by atoms with Gasteiger partial charge in [-0.15, -0.1) is 0 Å². The Labute approximate surface area is 173 Å². The molecule has 2 aromatic carbocycles. The van der Waals surface area contributed by atoms with E-state index in [4.69, 9.17) is 0 Å². The van der Waals surface area contributed by atoms with Crippen LogP contribution in [-0.2, 0) is 11.2 Å². The van der Waals surface area contributed by atoms with Gasteiger partial charge in [-0.05, 0) is 24.6 Å². The number of aromatic nitrogens is 1. The molecule has 0 aliphatic carbocycles. The maximum Gasteiger partial charge on any atom is 0.273 e. The monoisotopic (exact) mass is 406 g/mol. The van der Waals surface area contributed by atoms with E-state index in [0.29, 0.717) is 43.7 Å². The number of H-pyrrole nitrogens is 1. The first-order valence-electron chi connectivity index (χ1n) is 9.81. The fraction of sp³-hybridized carbons (Fsp3) is 0.273. The summed E-state index contributed by atoms with van der Waals surface area (Å²) in [5, 5.41) is 12.2. The minimum absolute atomic E-state index is 0.0263. The molecular weight excluding hydrogens is 384 g/mol. The number of carbonyl (C=O) groups excluding carboxylic acids is 2. The number of amides is 2. The first kappa shape index (κ1) is 19.6. The van der Waals surface area contributed by atoms with Crippen LogP contribution in [0.2, 0.25) is 0 Å². The Morgan fingerprint density at radius 2 is 1.73 bits per heavy atom. The van der Waals surface area contributed by atoms with Crippen LogP contribution in [0.25, 0.3) is 10.9 Å². The predicted octanol–water partition coefficient (Wildman–Crippen LogP) is 2.91. The van der Waals surface area contributed by atoms with E-state index in [0.717, 1.165) is 16.5 Å². The van der Waals surface area contributed by atoms with Gasteiger partial charge in [0.25, 0.3) is 11.6 Å². The van der Waals surface area contributed by atoms with Gasteiger partial charge in [0, 0.05) is 60.5 Å². The van der Waals surface area contributed by atoms with Gasteiger partial charge in [-0.3, -0.25) is 19.7 Å². The molecule has 1 aliphatic rings. The molecule has 2 heterocycles. The summed E-state index contributed by atoms with van der Waals surface area (Å²) in [5.41, 5.74) is 2.60. The lowest BCUT2D eigenvalue weighted by molar-refractivity contribution is -0.385. The summed E-state index contributed by atoms with van der Waals surface area (Å²) in [5.74, 6) is -0.210. The quantitative estimate of drug-likeness (QED) is 0.532. The van der Waals surface area contributed by atoms with Crippen molar-refractivity contribution in [3.63, 3.8) is 0 Å². The zero-order chi connectivity index (χ0) is 21.3. The second-order valence-electron chi connectivity index (χ2n) is 7.42. The molecular formula is C22H22N4O4. The van der Waals surface area contributed by atoms with Gasteiger partial charge in [0.05, 0.1) is 11.3 Å². The van der Waals surface area contributed by atoms with E-state index in [9.17, 15) is 19.7 Å². The van der Waals surface area contributed by atoms with Crippen molar-refractivity contribution in [1.82, 2.24) is 14.8 Å². The van der Waals surface area contributed by atoms with Crippen molar-refractivity contribution in [2.24, 2.45) is 0 Å². The maximum absolute atomic E-state index is 12.9. The Kier molecular flexibility index (Phi) is 5.22. The number of aromatic amines is 1. The molecule has 0 radical (unpaired) electrons. The summed E-state index contributed by atoms with van der Waals surface area (Å²) in [7, 11) is 0. The van der Waals surface area contributed by atoms with E-state index in [1.807, 2.05) is 30.5 Å². The lowest BCUT2D eigenvalue weighted by Crippen LogP contribution is -2.51. The SMILES string of the molecule is Cc1c(C(=O)N2CCN(C(=O)Cc3c[nH]c4ccccc34)CC2)cccc1[N+](=O)[O-]. The second-order valence-corrected chi connectivity index (χ2v) is 7.42. The summed E-state index contributed by atoms with van der Waals surface area (Å²) >= 11 is 0. The van der Waals surface area contributed by atoms with E-state index in [1.165, 1.54) is 12.1 Å². The normalized spacial score (nSPS) is 14.2. The molecule has 1 N–H and O–H groups in total. The molecule has 0 spiro atoms. The maximum atomic E-state index is 12.9. The molecule has 1 aliphatic heterocycles. The molecule has 2 amide bonds. The average Bonchev–Trinajstić information content (AvgIpc) is 3.16. The van der Waals surface area contributed by atoms with Gasteiger partial charge in [0.1, 0.15) is 0 Å². The molecule has 154 valence electrons. The van der Waals surface area contributed by atoms with Crippen LogP contribution in [0.1, 0.15) is 21.5 Å². The molecule has 0 atom stereocenters. The Morgan fingerprint density at radius 1 is 1.03 bits per heavy atom. The average molecular weight is 406 g/mol. The highest BCUT2D eigenvalue weighted by Gasteiger charge is 2.27. The molecule has 1 fully saturated rings. The van der Waals surface area contributed by atoms with Gasteiger partial charge >= 0.3 is 0 Å². The van der Waals surface area contributed by atoms with Crippen molar-refractivity contribution >= 4 is 28.4 Å². The molecule has 4 rings (SSSR count). The number of carbonyl (C=O) groups is 2. The number of nitrogens with zero attached hydrogens (tertiary/aromatic N) is 3. The van der Waals surface area contributed by atoms with E-state index in [2.05, 4.69) is 4.98 Å². The fourth-order valence-electron chi connectivity index (χ4n) is 3.93. The van der Waals surface area contributed by atoms with Gasteiger partial charge < -0.3 is 14.8 Å². The highest BCUT2D eigenvalue weighted by molar-refractivity contribution is 5.97. The minimum Gasteiger partial charge on any atom is -0.361 e. The van der Waals surface area contributed by atoms with E-state index in [1.54, 1.807) is 22.8 Å². The van der Waals surface area contributed by atoms with Crippen molar-refractivity contribution in [2.45, 2.75) is 13.3 Å². The van der Waals surface area contributed by atoms with Crippen LogP contribution in [0.5, 0.6) is 0 Å². The number of nitro benzene ring substituents is 1. The van der Waals surface area contributed by atoms with Gasteiger partial charge in [0.2, 0.25) is 5.91 Å². The minimum atomic E-state index is -0.479. The lowest BCUT2D eigenvalue weighted by atomic mass is 10.0. The van der Waals surface area contributed by atoms with E-state index >= 15 is 0 Å². The number of hydrogen-bond acceptors (Lipinski definition) is 4. The summed E-state index contributed by atoms with van der Waals surface area (Å²) in [6.07, 6.45) is 2.18. The number of para-hydroxylation sites is 1. The number of piperazine rings is 1. The molecule has 0 unspecified atom stereocenters. The smallest absolute Gasteiger partial charge is 0.273 e. The number of nitrogens with one attached hydrogen (secondary N) is 1. The number of fused-ring (bicyclic) bond motifs is 1.